The quantitative estimate of drug-likeness (QED) is 0.504. The number of benzene rings is 2. The van der Waals surface area contributed by atoms with Gasteiger partial charge in [0.2, 0.25) is 0 Å². The summed E-state index contributed by atoms with van der Waals surface area (Å²) in [7, 11) is 0. The minimum atomic E-state index is -1.16. The highest BCUT2D eigenvalue weighted by Gasteiger charge is 2.47. The summed E-state index contributed by atoms with van der Waals surface area (Å²) < 4.78 is 11.8. The van der Waals surface area contributed by atoms with Gasteiger partial charge in [-0.25, -0.2) is 4.79 Å². The third-order valence-corrected chi connectivity index (χ3v) is 6.00. The van der Waals surface area contributed by atoms with Crippen LogP contribution in [0.4, 0.5) is 10.5 Å². The van der Waals surface area contributed by atoms with Gasteiger partial charge in [-0.3, -0.25) is 10.1 Å². The van der Waals surface area contributed by atoms with Gasteiger partial charge in [-0.15, -0.1) is 0 Å². The summed E-state index contributed by atoms with van der Waals surface area (Å²) in [5.74, 6) is 0.267. The second-order valence-corrected chi connectivity index (χ2v) is 9.90. The smallest absolute Gasteiger partial charge is 0.410 e. The van der Waals surface area contributed by atoms with Crippen molar-refractivity contribution >= 4 is 11.8 Å². The molecule has 0 fully saturated rings. The molecule has 0 aromatic heterocycles. The van der Waals surface area contributed by atoms with Gasteiger partial charge in [-0.2, -0.15) is 0 Å². The van der Waals surface area contributed by atoms with Crippen LogP contribution in [0.3, 0.4) is 0 Å². The standard InChI is InChI=1S/C25H32N2O6/c1-16-19(27(30)31)13-12-18-20(16)33-25(5,6)22(28)21(18)32-23(29)26(24(2,3)4)15-14-17-10-8-7-9-11-17/h7-13,21-22,28H,14-15H2,1-6H3/t21-,22+/m0/s1. The Kier molecular flexibility index (Phi) is 6.70. The number of rotatable bonds is 5. The molecule has 3 rings (SSSR count). The Morgan fingerprint density at radius 1 is 1.21 bits per heavy atom. The maximum Gasteiger partial charge on any atom is 0.410 e. The van der Waals surface area contributed by atoms with E-state index in [2.05, 4.69) is 0 Å². The number of aliphatic hydroxyl groups excluding tert-OH is 1. The Balaban J connectivity index is 1.92. The normalized spacial score (nSPS) is 19.2. The number of nitrogens with zero attached hydrogens (tertiary/aromatic N) is 2. The zero-order valence-electron chi connectivity index (χ0n) is 20.0. The molecule has 0 aliphatic carbocycles. The summed E-state index contributed by atoms with van der Waals surface area (Å²) in [6, 6.07) is 12.7. The van der Waals surface area contributed by atoms with E-state index in [1.807, 2.05) is 51.1 Å². The maximum absolute atomic E-state index is 13.3. The van der Waals surface area contributed by atoms with Crippen LogP contribution in [0.15, 0.2) is 42.5 Å². The predicted molar refractivity (Wildman–Crippen MR) is 124 cm³/mol. The lowest BCUT2D eigenvalue weighted by molar-refractivity contribution is -0.385. The van der Waals surface area contributed by atoms with E-state index in [-0.39, 0.29) is 11.4 Å². The van der Waals surface area contributed by atoms with Gasteiger partial charge >= 0.3 is 6.09 Å². The lowest BCUT2D eigenvalue weighted by Gasteiger charge is -2.43. The van der Waals surface area contributed by atoms with Crippen LogP contribution in [0, 0.1) is 17.0 Å². The van der Waals surface area contributed by atoms with Crippen molar-refractivity contribution < 1.29 is 24.3 Å². The number of ether oxygens (including phenoxy) is 2. The van der Waals surface area contributed by atoms with Crippen molar-refractivity contribution in [1.82, 2.24) is 4.90 Å². The molecule has 33 heavy (non-hydrogen) atoms. The molecule has 8 nitrogen and oxygen atoms in total. The molecular weight excluding hydrogens is 424 g/mol. The van der Waals surface area contributed by atoms with E-state index < -0.39 is 34.4 Å². The van der Waals surface area contributed by atoms with Gasteiger partial charge < -0.3 is 19.5 Å². The number of amides is 1. The number of nitro benzene ring substituents is 1. The molecule has 2 aromatic carbocycles. The highest BCUT2D eigenvalue weighted by molar-refractivity contribution is 5.69. The average Bonchev–Trinajstić information content (AvgIpc) is 2.72. The van der Waals surface area contributed by atoms with Gasteiger partial charge in [0.05, 0.1) is 10.5 Å². The van der Waals surface area contributed by atoms with Crippen molar-refractivity contribution in [3.63, 3.8) is 0 Å². The first-order valence-corrected chi connectivity index (χ1v) is 11.0. The maximum atomic E-state index is 13.3. The second-order valence-electron chi connectivity index (χ2n) is 9.90. The zero-order valence-corrected chi connectivity index (χ0v) is 20.0. The van der Waals surface area contributed by atoms with E-state index in [1.54, 1.807) is 25.7 Å². The van der Waals surface area contributed by atoms with Gasteiger partial charge in [0.25, 0.3) is 5.69 Å². The van der Waals surface area contributed by atoms with Crippen LogP contribution in [0.2, 0.25) is 0 Å². The van der Waals surface area contributed by atoms with Crippen molar-refractivity contribution in [1.29, 1.82) is 0 Å². The highest BCUT2D eigenvalue weighted by atomic mass is 16.6. The first-order chi connectivity index (χ1) is 15.3. The summed E-state index contributed by atoms with van der Waals surface area (Å²) in [6.45, 7) is 11.1. The molecule has 8 heteroatoms. The Labute approximate surface area is 194 Å². The summed E-state index contributed by atoms with van der Waals surface area (Å²) in [5, 5.41) is 22.4. The topological polar surface area (TPSA) is 102 Å². The number of hydrogen-bond donors (Lipinski definition) is 1. The highest BCUT2D eigenvalue weighted by Crippen LogP contribution is 2.46. The SMILES string of the molecule is Cc1c([N+](=O)[O-])ccc2c1OC(C)(C)[C@H](O)[C@H]2OC(=O)N(CCc1ccccc1)C(C)(C)C. The number of hydrogen-bond acceptors (Lipinski definition) is 6. The largest absolute Gasteiger partial charge is 0.484 e. The number of nitro groups is 1. The summed E-state index contributed by atoms with van der Waals surface area (Å²) >= 11 is 0. The lowest BCUT2D eigenvalue weighted by atomic mass is 9.87. The molecule has 1 aliphatic rings. The van der Waals surface area contributed by atoms with E-state index in [1.165, 1.54) is 12.1 Å². The number of carbonyl (C=O) groups is 1. The first-order valence-electron chi connectivity index (χ1n) is 11.0. The van der Waals surface area contributed by atoms with Crippen molar-refractivity contribution in [2.24, 2.45) is 0 Å². The summed E-state index contributed by atoms with van der Waals surface area (Å²) in [6.07, 6.45) is -2.11. The van der Waals surface area contributed by atoms with E-state index in [0.717, 1.165) is 5.56 Å². The fourth-order valence-electron chi connectivity index (χ4n) is 4.00. The molecule has 1 aliphatic heterocycles. The van der Waals surface area contributed by atoms with Crippen molar-refractivity contribution in [2.45, 2.75) is 71.3 Å². The fourth-order valence-corrected chi connectivity index (χ4v) is 4.00. The third-order valence-electron chi connectivity index (χ3n) is 6.00. The predicted octanol–water partition coefficient (Wildman–Crippen LogP) is 4.96. The first kappa shape index (κ1) is 24.5. The third kappa shape index (κ3) is 5.11. The van der Waals surface area contributed by atoms with E-state index in [9.17, 15) is 20.0 Å². The molecule has 0 saturated heterocycles. The monoisotopic (exact) mass is 456 g/mol. The minimum Gasteiger partial charge on any atom is -0.484 e. The summed E-state index contributed by atoms with van der Waals surface area (Å²) in [5.41, 5.74) is 0.107. The number of aliphatic hydroxyl groups is 1. The van der Waals surface area contributed by atoms with Crippen LogP contribution in [0.1, 0.15) is 57.4 Å². The van der Waals surface area contributed by atoms with E-state index in [4.69, 9.17) is 9.47 Å². The molecule has 178 valence electrons. The van der Waals surface area contributed by atoms with Crippen LogP contribution in [-0.4, -0.2) is 44.8 Å². The lowest BCUT2D eigenvalue weighted by Crippen LogP contribution is -2.52. The second kappa shape index (κ2) is 9.02. The minimum absolute atomic E-state index is 0.0924. The molecule has 0 radical (unpaired) electrons. The van der Waals surface area contributed by atoms with Crippen molar-refractivity contribution in [3.05, 3.63) is 69.3 Å². The Hall–Kier alpha value is -3.13. The van der Waals surface area contributed by atoms with E-state index >= 15 is 0 Å². The molecule has 2 aromatic rings. The fraction of sp³-hybridized carbons (Fsp3) is 0.480. The molecule has 0 saturated carbocycles. The Morgan fingerprint density at radius 2 is 1.85 bits per heavy atom. The van der Waals surface area contributed by atoms with Gasteiger partial charge in [0.1, 0.15) is 17.5 Å². The van der Waals surface area contributed by atoms with Crippen LogP contribution in [-0.2, 0) is 11.2 Å². The van der Waals surface area contributed by atoms with Gasteiger partial charge in [0.15, 0.2) is 6.10 Å². The molecule has 1 N–H and O–H groups in total. The number of fused-ring (bicyclic) bond motifs is 1. The van der Waals surface area contributed by atoms with Crippen molar-refractivity contribution in [3.8, 4) is 5.75 Å². The average molecular weight is 457 g/mol. The molecule has 0 bridgehead atoms. The van der Waals surface area contributed by atoms with Crippen LogP contribution in [0.5, 0.6) is 5.75 Å². The van der Waals surface area contributed by atoms with Crippen LogP contribution in [0.25, 0.3) is 0 Å². The Morgan fingerprint density at radius 3 is 2.42 bits per heavy atom. The van der Waals surface area contributed by atoms with Crippen molar-refractivity contribution in [2.75, 3.05) is 6.54 Å². The Bertz CT molecular complexity index is 1030. The molecule has 2 atom stereocenters. The van der Waals surface area contributed by atoms with Gasteiger partial charge in [-0.1, -0.05) is 30.3 Å². The van der Waals surface area contributed by atoms with Crippen LogP contribution >= 0.6 is 0 Å². The van der Waals surface area contributed by atoms with Gasteiger partial charge in [-0.05, 0) is 59.6 Å². The molecule has 1 amide bonds. The zero-order chi connectivity index (χ0) is 24.6. The van der Waals surface area contributed by atoms with E-state index in [0.29, 0.717) is 24.1 Å². The molecule has 1 heterocycles. The molecule has 0 spiro atoms. The number of carbonyl (C=O) groups excluding carboxylic acids is 1. The van der Waals surface area contributed by atoms with Gasteiger partial charge in [0, 0.05) is 23.7 Å². The summed E-state index contributed by atoms with van der Waals surface area (Å²) in [4.78, 5) is 25.9. The molecule has 0 unspecified atom stereocenters. The van der Waals surface area contributed by atoms with Crippen LogP contribution < -0.4 is 4.74 Å². The molecular formula is C25H32N2O6.